The Bertz CT molecular complexity index is 1630. The summed E-state index contributed by atoms with van der Waals surface area (Å²) in [4.78, 5) is 0. The molecule has 0 bridgehead atoms. The van der Waals surface area contributed by atoms with Crippen molar-refractivity contribution in [3.63, 3.8) is 0 Å². The molecule has 0 aromatic heterocycles. The molecule has 0 spiro atoms. The molecule has 4 aliphatic rings. The van der Waals surface area contributed by atoms with E-state index in [2.05, 4.69) is 147 Å². The van der Waals surface area contributed by atoms with Crippen molar-refractivity contribution < 1.29 is 46.0 Å². The Hall–Kier alpha value is -1.41. The summed E-state index contributed by atoms with van der Waals surface area (Å²) in [5.74, 6) is 0. The van der Waals surface area contributed by atoms with Crippen LogP contribution < -0.4 is 10.4 Å². The quantitative estimate of drug-likeness (QED) is 0.120. The summed E-state index contributed by atoms with van der Waals surface area (Å²) in [6, 6.07) is 48.4. The van der Waals surface area contributed by atoms with Crippen LogP contribution in [0.25, 0.3) is 0 Å². The Labute approximate surface area is 382 Å². The molecule has 0 saturated heterocycles. The number of hydrogen-bond donors (Lipinski definition) is 0. The van der Waals surface area contributed by atoms with Gasteiger partial charge in [-0.15, -0.1) is 24.8 Å². The van der Waals surface area contributed by atoms with E-state index in [4.69, 9.17) is 0 Å². The van der Waals surface area contributed by atoms with E-state index in [0.29, 0.717) is 0 Å². The molecule has 0 saturated carbocycles. The van der Waals surface area contributed by atoms with Crippen LogP contribution in [0.15, 0.2) is 133 Å². The van der Waals surface area contributed by atoms with Crippen molar-refractivity contribution in [2.24, 2.45) is 0 Å². The SMILES string of the molecule is C[Si](=[Hf+2])c1ccccc1.C[Si](=[Hf+2])c1ccccc1.Cl.Cl.c1cc2c([cH-]1)CCCC2.c1cc2c([cH-]1)CCCC2.c1cc2c([cH-]1)CCCC2.c1cc2c([cH-]1)CCCC2. The van der Waals surface area contributed by atoms with Crippen LogP contribution >= 0.6 is 24.8 Å². The van der Waals surface area contributed by atoms with E-state index >= 15 is 0 Å². The fraction of sp³-hybridized carbons (Fsp3) is 0.360. The first-order chi connectivity index (χ1) is 26.5. The second kappa shape index (κ2) is 28.1. The van der Waals surface area contributed by atoms with Crippen LogP contribution in [0.2, 0.25) is 13.1 Å². The van der Waals surface area contributed by atoms with Crippen LogP contribution in [-0.2, 0) is 97.4 Å². The van der Waals surface area contributed by atoms with E-state index in [1.807, 2.05) is 0 Å². The van der Waals surface area contributed by atoms with Crippen LogP contribution in [0.1, 0.15) is 95.9 Å². The zero-order valence-electron chi connectivity index (χ0n) is 33.8. The van der Waals surface area contributed by atoms with Crippen LogP contribution in [0.4, 0.5) is 0 Å². The molecule has 6 aromatic rings. The smallest absolute Gasteiger partial charge is 0.0512 e. The van der Waals surface area contributed by atoms with Crippen molar-refractivity contribution >= 4 is 46.2 Å². The van der Waals surface area contributed by atoms with Crippen LogP contribution in [0.3, 0.4) is 0 Å². The zero-order chi connectivity index (χ0) is 37.8. The van der Waals surface area contributed by atoms with Gasteiger partial charge in [-0.25, -0.2) is 24.3 Å². The molecule has 6 aromatic carbocycles. The molecule has 292 valence electrons. The number of fused-ring (bicyclic) bond motifs is 4. The van der Waals surface area contributed by atoms with Crippen molar-refractivity contribution in [2.75, 3.05) is 0 Å². The molecule has 0 aliphatic heterocycles. The van der Waals surface area contributed by atoms with Gasteiger partial charge in [0.05, 0.1) is 0 Å². The van der Waals surface area contributed by atoms with Gasteiger partial charge in [0, 0.05) is 0 Å². The number of aryl methyl sites for hydroxylation is 8. The molecule has 0 fully saturated rings. The maximum absolute atomic E-state index is 2.37. The van der Waals surface area contributed by atoms with Crippen molar-refractivity contribution in [1.82, 2.24) is 0 Å². The first-order valence-corrected chi connectivity index (χ1v) is 35.4. The van der Waals surface area contributed by atoms with Crippen LogP contribution in [0.5, 0.6) is 0 Å². The van der Waals surface area contributed by atoms with E-state index in [-0.39, 0.29) is 35.8 Å². The van der Waals surface area contributed by atoms with E-state index < -0.39 is 0 Å². The topological polar surface area (TPSA) is 0 Å². The van der Waals surface area contributed by atoms with Crippen molar-refractivity contribution in [3.05, 3.63) is 178 Å². The Morgan fingerprint density at radius 3 is 0.786 bits per heavy atom. The summed E-state index contributed by atoms with van der Waals surface area (Å²) in [5, 5.41) is 3.16. The first kappa shape index (κ1) is 49.0. The monoisotopic (exact) mass is 1150 g/mol. The molecule has 0 heterocycles. The average molecular weight is 1150 g/mol. The van der Waals surface area contributed by atoms with Gasteiger partial charge in [-0.05, 0) is 0 Å². The minimum atomic E-state index is -0.0733. The van der Waals surface area contributed by atoms with Gasteiger partial charge in [0.1, 0.15) is 0 Å². The normalized spacial score (nSPS) is 14.1. The second-order valence-corrected chi connectivity index (χ2v) is 34.9. The number of halogens is 2. The average Bonchev–Trinajstić information content (AvgIpc) is 4.07. The third-order valence-corrected chi connectivity index (χ3v) is 19.6. The third-order valence-electron chi connectivity index (χ3n) is 11.0. The molecule has 0 nitrogen and oxygen atoms in total. The van der Waals surface area contributed by atoms with Gasteiger partial charge in [0.15, 0.2) is 0 Å². The fourth-order valence-electron chi connectivity index (χ4n) is 7.83. The van der Waals surface area contributed by atoms with Crippen molar-refractivity contribution in [1.29, 1.82) is 0 Å². The molecule has 56 heavy (non-hydrogen) atoms. The summed E-state index contributed by atoms with van der Waals surface area (Å²) < 4.78 is 0. The van der Waals surface area contributed by atoms with Gasteiger partial charge in [-0.2, -0.15) is 93.0 Å². The Balaban J connectivity index is 0.000000179. The minimum Gasteiger partial charge on any atom is -0.210 e. The van der Waals surface area contributed by atoms with Gasteiger partial charge in [-0.3, -0.25) is 0 Å². The largest absolute Gasteiger partial charge is 0.210 e. The predicted octanol–water partition coefficient (Wildman–Crippen LogP) is 12.1. The summed E-state index contributed by atoms with van der Waals surface area (Å²) in [6.07, 6.45) is 21.8. The molecule has 6 heteroatoms. The van der Waals surface area contributed by atoms with Crippen molar-refractivity contribution in [2.45, 2.75) is 116 Å². The maximum atomic E-state index is 2.37. The summed E-state index contributed by atoms with van der Waals surface area (Å²) >= 11 is 2.72. The number of rotatable bonds is 2. The van der Waals surface area contributed by atoms with Gasteiger partial charge >= 0.3 is 141 Å². The summed E-state index contributed by atoms with van der Waals surface area (Å²) in [5.41, 5.74) is 12.6. The first-order valence-electron chi connectivity index (χ1n) is 20.6. The van der Waals surface area contributed by atoms with E-state index in [1.54, 1.807) is 54.9 Å². The molecule has 4 aliphatic carbocycles. The minimum absolute atomic E-state index is 0. The van der Waals surface area contributed by atoms with E-state index in [0.717, 1.165) is 0 Å². The third kappa shape index (κ3) is 17.1. The number of hydrogen-bond acceptors (Lipinski definition) is 0. The molecule has 0 unspecified atom stereocenters. The molecule has 0 radical (unpaired) electrons. The Morgan fingerprint density at radius 1 is 0.357 bits per heavy atom. The van der Waals surface area contributed by atoms with E-state index in [9.17, 15) is 0 Å². The van der Waals surface area contributed by atoms with Crippen molar-refractivity contribution in [3.8, 4) is 0 Å². The summed E-state index contributed by atoms with van der Waals surface area (Å²) in [6.45, 7) is 4.73. The van der Waals surface area contributed by atoms with Gasteiger partial charge < -0.3 is 0 Å². The second-order valence-electron chi connectivity index (χ2n) is 15.1. The molecule has 10 rings (SSSR count). The molecule has 0 amide bonds. The molecule has 0 N–H and O–H groups in total. The Morgan fingerprint density at radius 2 is 0.589 bits per heavy atom. The summed E-state index contributed by atoms with van der Waals surface area (Å²) in [7, 11) is 0. The van der Waals surface area contributed by atoms with E-state index in [1.165, 1.54) is 149 Å². The molecular formula is C50H62Cl2Hf2Si2. The van der Waals surface area contributed by atoms with Gasteiger partial charge in [0.25, 0.3) is 0 Å². The standard InChI is InChI=1S/4C9H11.2C7H8Si.2ClH.2Hf/c4*1-2-5-9-7-3-6-8(9)4-1;2*1-8-7-5-3-2-4-6-7;;;;/h4*3,6-7H,1-2,4-5H2;2*2-6H,1H3;2*1H;;/q4*-1;;;;;2*+2. The van der Waals surface area contributed by atoms with Crippen LogP contribution in [-0.4, -0.2) is 11.0 Å². The van der Waals surface area contributed by atoms with Crippen LogP contribution in [0, 0.1) is 0 Å². The fourth-order valence-corrected chi connectivity index (χ4v) is 12.8. The van der Waals surface area contributed by atoms with Gasteiger partial charge in [0.2, 0.25) is 0 Å². The number of benzene rings is 2. The van der Waals surface area contributed by atoms with Gasteiger partial charge in [-0.1, -0.05) is 103 Å². The maximum Gasteiger partial charge on any atom is -0.0512 e. The zero-order valence-corrected chi connectivity index (χ0v) is 44.7. The molecular weight excluding hydrogens is 1080 g/mol. The molecule has 0 atom stereocenters. The Kier molecular flexibility index (Phi) is 24.6. The predicted molar refractivity (Wildman–Crippen MR) is 245 cm³/mol.